The molecule has 24 heavy (non-hydrogen) atoms. The maximum Gasteiger partial charge on any atom is 0.237 e. The number of benzene rings is 2. The highest BCUT2D eigenvalue weighted by molar-refractivity contribution is 8.01. The number of carbonyl (C=O) groups excluding carboxylic acids is 2. The zero-order valence-electron chi connectivity index (χ0n) is 14.1. The van der Waals surface area contributed by atoms with Gasteiger partial charge in [0.15, 0.2) is 0 Å². The lowest BCUT2D eigenvalue weighted by molar-refractivity contribution is -0.115. The summed E-state index contributed by atoms with van der Waals surface area (Å²) in [7, 11) is 0. The lowest BCUT2D eigenvalue weighted by atomic mass is 10.1. The Morgan fingerprint density at radius 2 is 1.71 bits per heavy atom. The summed E-state index contributed by atoms with van der Waals surface area (Å²) >= 11 is 1.32. The molecule has 0 aliphatic carbocycles. The minimum atomic E-state index is -0.313. The summed E-state index contributed by atoms with van der Waals surface area (Å²) in [5.41, 5.74) is 3.77. The molecule has 2 aromatic rings. The van der Waals surface area contributed by atoms with Crippen molar-refractivity contribution in [3.8, 4) is 0 Å². The number of hydrogen-bond acceptors (Lipinski definition) is 3. The van der Waals surface area contributed by atoms with E-state index in [4.69, 9.17) is 0 Å². The summed E-state index contributed by atoms with van der Waals surface area (Å²) in [5, 5.41) is 5.43. The fourth-order valence-corrected chi connectivity index (χ4v) is 2.80. The molecule has 0 aliphatic heterocycles. The van der Waals surface area contributed by atoms with Crippen molar-refractivity contribution in [3.05, 3.63) is 59.7 Å². The van der Waals surface area contributed by atoms with E-state index >= 15 is 0 Å². The molecule has 1 atom stereocenters. The molecule has 0 saturated heterocycles. The SMILES string of the molecule is Cc1cccc(NC(=O)[C@@H](C)SCC(=O)Nc2ccccc2)c1C. The monoisotopic (exact) mass is 342 g/mol. The van der Waals surface area contributed by atoms with E-state index in [1.165, 1.54) is 11.8 Å². The first-order chi connectivity index (χ1) is 11.5. The molecule has 2 rings (SSSR count). The van der Waals surface area contributed by atoms with Gasteiger partial charge in [-0.25, -0.2) is 0 Å². The Morgan fingerprint density at radius 1 is 1.00 bits per heavy atom. The van der Waals surface area contributed by atoms with Gasteiger partial charge in [-0.1, -0.05) is 30.3 Å². The van der Waals surface area contributed by atoms with Crippen LogP contribution in [0.4, 0.5) is 11.4 Å². The minimum absolute atomic E-state index is 0.0961. The first kappa shape index (κ1) is 18.1. The van der Waals surface area contributed by atoms with Crippen molar-refractivity contribution in [1.82, 2.24) is 0 Å². The number of amides is 2. The van der Waals surface area contributed by atoms with E-state index in [2.05, 4.69) is 10.6 Å². The summed E-state index contributed by atoms with van der Waals surface area (Å²) in [6.45, 7) is 5.80. The highest BCUT2D eigenvalue weighted by Gasteiger charge is 2.16. The molecule has 0 spiro atoms. The molecule has 0 radical (unpaired) electrons. The van der Waals surface area contributed by atoms with Gasteiger partial charge in [0.1, 0.15) is 0 Å². The molecule has 4 nitrogen and oxygen atoms in total. The molecule has 0 fully saturated rings. The van der Waals surface area contributed by atoms with Gasteiger partial charge in [0.25, 0.3) is 0 Å². The molecular formula is C19H22N2O2S. The van der Waals surface area contributed by atoms with E-state index in [1.54, 1.807) is 6.92 Å². The lowest BCUT2D eigenvalue weighted by Crippen LogP contribution is -2.25. The zero-order valence-corrected chi connectivity index (χ0v) is 14.9. The van der Waals surface area contributed by atoms with Crippen molar-refractivity contribution in [2.45, 2.75) is 26.0 Å². The summed E-state index contributed by atoms with van der Waals surface area (Å²) < 4.78 is 0. The second-order valence-electron chi connectivity index (χ2n) is 5.60. The molecule has 2 amide bonds. The van der Waals surface area contributed by atoms with Gasteiger partial charge in [0.05, 0.1) is 11.0 Å². The van der Waals surface area contributed by atoms with Gasteiger partial charge in [-0.3, -0.25) is 9.59 Å². The summed E-state index contributed by atoms with van der Waals surface area (Å²) in [4.78, 5) is 24.2. The number of para-hydroxylation sites is 1. The smallest absolute Gasteiger partial charge is 0.237 e. The molecule has 2 N–H and O–H groups in total. The van der Waals surface area contributed by atoms with E-state index in [-0.39, 0.29) is 22.8 Å². The van der Waals surface area contributed by atoms with E-state index in [0.717, 1.165) is 22.5 Å². The minimum Gasteiger partial charge on any atom is -0.325 e. The van der Waals surface area contributed by atoms with Crippen LogP contribution in [0.5, 0.6) is 0 Å². The third kappa shape index (κ3) is 5.13. The van der Waals surface area contributed by atoms with Crippen molar-refractivity contribution in [1.29, 1.82) is 0 Å². The summed E-state index contributed by atoms with van der Waals surface area (Å²) in [5.74, 6) is 0.0230. The van der Waals surface area contributed by atoms with Gasteiger partial charge in [-0.15, -0.1) is 11.8 Å². The maximum atomic E-state index is 12.3. The largest absolute Gasteiger partial charge is 0.325 e. The Labute approximate surface area is 147 Å². The number of carbonyl (C=O) groups is 2. The molecule has 0 bridgehead atoms. The van der Waals surface area contributed by atoms with Crippen LogP contribution in [0, 0.1) is 13.8 Å². The number of thioether (sulfide) groups is 1. The predicted octanol–water partition coefficient (Wildman–Crippen LogP) is 4.00. The van der Waals surface area contributed by atoms with Gasteiger partial charge in [-0.2, -0.15) is 0 Å². The van der Waals surface area contributed by atoms with Crippen LogP contribution in [0.15, 0.2) is 48.5 Å². The molecule has 0 unspecified atom stereocenters. The quantitative estimate of drug-likeness (QED) is 0.834. The van der Waals surface area contributed by atoms with E-state index in [1.807, 2.05) is 62.4 Å². The van der Waals surface area contributed by atoms with Crippen LogP contribution in [-0.4, -0.2) is 22.8 Å². The third-order valence-electron chi connectivity index (χ3n) is 3.75. The summed E-state index contributed by atoms with van der Waals surface area (Å²) in [6, 6.07) is 15.1. The second kappa shape index (κ2) is 8.55. The second-order valence-corrected chi connectivity index (χ2v) is 6.93. The molecule has 0 aromatic heterocycles. The average Bonchev–Trinajstić information content (AvgIpc) is 2.57. The molecule has 0 heterocycles. The van der Waals surface area contributed by atoms with Crippen molar-refractivity contribution >= 4 is 35.0 Å². The summed E-state index contributed by atoms with van der Waals surface area (Å²) in [6.07, 6.45) is 0. The molecule has 0 saturated carbocycles. The first-order valence-corrected chi connectivity index (χ1v) is 8.86. The van der Waals surface area contributed by atoms with Crippen LogP contribution in [0.1, 0.15) is 18.1 Å². The van der Waals surface area contributed by atoms with E-state index in [0.29, 0.717) is 0 Å². The van der Waals surface area contributed by atoms with Crippen molar-refractivity contribution in [3.63, 3.8) is 0 Å². The number of nitrogens with one attached hydrogen (secondary N) is 2. The van der Waals surface area contributed by atoms with Crippen LogP contribution in [0.3, 0.4) is 0 Å². The predicted molar refractivity (Wildman–Crippen MR) is 102 cm³/mol. The number of rotatable bonds is 6. The Hall–Kier alpha value is -2.27. The highest BCUT2D eigenvalue weighted by atomic mass is 32.2. The van der Waals surface area contributed by atoms with Crippen LogP contribution in [0.25, 0.3) is 0 Å². The Bertz CT molecular complexity index is 717. The van der Waals surface area contributed by atoms with E-state index in [9.17, 15) is 9.59 Å². The molecular weight excluding hydrogens is 320 g/mol. The lowest BCUT2D eigenvalue weighted by Gasteiger charge is -2.14. The van der Waals surface area contributed by atoms with Crippen molar-refractivity contribution in [2.24, 2.45) is 0 Å². The van der Waals surface area contributed by atoms with Crippen LogP contribution in [0.2, 0.25) is 0 Å². The maximum absolute atomic E-state index is 12.3. The highest BCUT2D eigenvalue weighted by Crippen LogP contribution is 2.20. The van der Waals surface area contributed by atoms with Crippen molar-refractivity contribution in [2.75, 3.05) is 16.4 Å². The number of hydrogen-bond donors (Lipinski definition) is 2. The standard InChI is InChI=1S/C19H22N2O2S/c1-13-8-7-11-17(14(13)2)21-19(23)15(3)24-12-18(22)20-16-9-5-4-6-10-16/h4-11,15H,12H2,1-3H3,(H,20,22)(H,21,23)/t15-/m1/s1. The van der Waals surface area contributed by atoms with E-state index < -0.39 is 0 Å². The van der Waals surface area contributed by atoms with Crippen LogP contribution >= 0.6 is 11.8 Å². The third-order valence-corrected chi connectivity index (χ3v) is 4.90. The van der Waals surface area contributed by atoms with Gasteiger partial charge in [0, 0.05) is 11.4 Å². The number of aryl methyl sites for hydroxylation is 1. The zero-order chi connectivity index (χ0) is 17.5. The fraction of sp³-hybridized carbons (Fsp3) is 0.263. The topological polar surface area (TPSA) is 58.2 Å². The van der Waals surface area contributed by atoms with Gasteiger partial charge in [0.2, 0.25) is 11.8 Å². The van der Waals surface area contributed by atoms with Gasteiger partial charge >= 0.3 is 0 Å². The fourth-order valence-electron chi connectivity index (χ4n) is 2.12. The van der Waals surface area contributed by atoms with Gasteiger partial charge in [-0.05, 0) is 50.1 Å². The first-order valence-electron chi connectivity index (χ1n) is 7.81. The Balaban J connectivity index is 1.83. The van der Waals surface area contributed by atoms with Gasteiger partial charge < -0.3 is 10.6 Å². The van der Waals surface area contributed by atoms with Crippen LogP contribution < -0.4 is 10.6 Å². The molecule has 0 aliphatic rings. The molecule has 5 heteroatoms. The van der Waals surface area contributed by atoms with Crippen molar-refractivity contribution < 1.29 is 9.59 Å². The normalized spacial score (nSPS) is 11.6. The number of anilines is 2. The Morgan fingerprint density at radius 3 is 2.42 bits per heavy atom. The Kier molecular flexibility index (Phi) is 6.44. The van der Waals surface area contributed by atoms with Crippen LogP contribution in [-0.2, 0) is 9.59 Å². The molecule has 126 valence electrons. The molecule has 2 aromatic carbocycles. The average molecular weight is 342 g/mol.